The topological polar surface area (TPSA) is 52.7 Å². The van der Waals surface area contributed by atoms with Crippen LogP contribution in [0.5, 0.6) is 0 Å². The van der Waals surface area contributed by atoms with Crippen molar-refractivity contribution in [3.8, 4) is 0 Å². The molecule has 2 rings (SSSR count). The zero-order valence-electron chi connectivity index (χ0n) is 11.7. The molecule has 1 N–H and O–H groups in total. The Hall–Kier alpha value is -2.02. The minimum Gasteiger partial charge on any atom is -0.338 e. The van der Waals surface area contributed by atoms with Gasteiger partial charge in [0.05, 0.1) is 6.54 Å². The summed E-state index contributed by atoms with van der Waals surface area (Å²) in [5.74, 6) is -2.46. The van der Waals surface area contributed by atoms with Gasteiger partial charge in [-0.05, 0) is 19.2 Å². The summed E-state index contributed by atoms with van der Waals surface area (Å²) in [6.07, 6.45) is 0. The first-order valence-electron chi connectivity index (χ1n) is 6.70. The number of halogens is 2. The summed E-state index contributed by atoms with van der Waals surface area (Å²) in [7, 11) is 1.68. The molecular formula is C14H17F2N3O2. The number of hydrogen-bond donors (Lipinski definition) is 1. The number of nitrogens with zero attached hydrogens (tertiary/aromatic N) is 2. The Bertz CT molecular complexity index is 523. The Kier molecular flexibility index (Phi) is 4.85. The second-order valence-electron chi connectivity index (χ2n) is 4.80. The Balaban J connectivity index is 2.02. The van der Waals surface area contributed by atoms with Crippen molar-refractivity contribution >= 4 is 11.8 Å². The normalized spacial score (nSPS) is 15.2. The molecule has 0 atom stereocenters. The van der Waals surface area contributed by atoms with E-state index in [9.17, 15) is 18.4 Å². The number of nitrogens with one attached hydrogen (secondary N) is 1. The minimum atomic E-state index is -0.867. The van der Waals surface area contributed by atoms with Crippen molar-refractivity contribution in [1.82, 2.24) is 15.1 Å². The molecule has 7 heteroatoms. The number of likely N-dealkylation sites (N-methyl/N-ethyl adjacent to an activating group) is 1. The SMILES string of the molecule is CNCC(=O)N1CCN(C(=O)c2c(F)cccc2F)CC1. The average molecular weight is 297 g/mol. The number of carbonyl (C=O) groups is 2. The van der Waals surface area contributed by atoms with E-state index in [4.69, 9.17) is 0 Å². The third-order valence-corrected chi connectivity index (χ3v) is 3.42. The maximum absolute atomic E-state index is 13.6. The summed E-state index contributed by atoms with van der Waals surface area (Å²) in [4.78, 5) is 26.9. The number of benzene rings is 1. The van der Waals surface area contributed by atoms with Gasteiger partial charge in [0, 0.05) is 26.2 Å². The number of hydrogen-bond acceptors (Lipinski definition) is 3. The first-order valence-corrected chi connectivity index (χ1v) is 6.70. The quantitative estimate of drug-likeness (QED) is 0.882. The predicted molar refractivity (Wildman–Crippen MR) is 72.8 cm³/mol. The van der Waals surface area contributed by atoms with Crippen molar-refractivity contribution in [3.05, 3.63) is 35.4 Å². The standard InChI is InChI=1S/C14H17F2N3O2/c1-17-9-12(20)18-5-7-19(8-6-18)14(21)13-10(15)3-2-4-11(13)16/h2-4,17H,5-9H2,1H3. The van der Waals surface area contributed by atoms with E-state index in [0.717, 1.165) is 12.1 Å². The molecule has 1 aliphatic heterocycles. The lowest BCUT2D eigenvalue weighted by atomic mass is 10.1. The van der Waals surface area contributed by atoms with E-state index < -0.39 is 23.1 Å². The van der Waals surface area contributed by atoms with E-state index in [1.165, 1.54) is 11.0 Å². The van der Waals surface area contributed by atoms with Crippen molar-refractivity contribution in [2.45, 2.75) is 0 Å². The molecule has 1 fully saturated rings. The molecule has 0 saturated carbocycles. The Labute approximate surface area is 121 Å². The summed E-state index contributed by atoms with van der Waals surface area (Å²) in [5, 5.41) is 2.77. The van der Waals surface area contributed by atoms with Gasteiger partial charge in [-0.1, -0.05) is 6.07 Å². The van der Waals surface area contributed by atoms with Crippen molar-refractivity contribution in [2.24, 2.45) is 0 Å². The molecule has 1 aliphatic rings. The van der Waals surface area contributed by atoms with Crippen molar-refractivity contribution in [2.75, 3.05) is 39.8 Å². The van der Waals surface area contributed by atoms with Crippen molar-refractivity contribution in [1.29, 1.82) is 0 Å². The summed E-state index contributed by atoms with van der Waals surface area (Å²) in [6, 6.07) is 3.34. The zero-order valence-corrected chi connectivity index (χ0v) is 11.7. The van der Waals surface area contributed by atoms with Crippen LogP contribution in [0.15, 0.2) is 18.2 Å². The molecule has 0 aliphatic carbocycles. The zero-order chi connectivity index (χ0) is 15.4. The van der Waals surface area contributed by atoms with Crippen LogP contribution in [-0.4, -0.2) is 61.4 Å². The molecular weight excluding hydrogens is 280 g/mol. The molecule has 0 radical (unpaired) electrons. The van der Waals surface area contributed by atoms with Gasteiger partial charge in [-0.25, -0.2) is 8.78 Å². The summed E-state index contributed by atoms with van der Waals surface area (Å²) >= 11 is 0. The van der Waals surface area contributed by atoms with Gasteiger partial charge in [-0.2, -0.15) is 0 Å². The van der Waals surface area contributed by atoms with Gasteiger partial charge in [0.2, 0.25) is 5.91 Å². The van der Waals surface area contributed by atoms with Crippen LogP contribution in [0, 0.1) is 11.6 Å². The van der Waals surface area contributed by atoms with E-state index in [-0.39, 0.29) is 25.5 Å². The highest BCUT2D eigenvalue weighted by atomic mass is 19.1. The summed E-state index contributed by atoms with van der Waals surface area (Å²) in [6.45, 7) is 1.49. The van der Waals surface area contributed by atoms with Gasteiger partial charge in [-0.3, -0.25) is 9.59 Å². The highest BCUT2D eigenvalue weighted by Gasteiger charge is 2.27. The van der Waals surface area contributed by atoms with Crippen LogP contribution in [-0.2, 0) is 4.79 Å². The van der Waals surface area contributed by atoms with Crippen molar-refractivity contribution < 1.29 is 18.4 Å². The molecule has 2 amide bonds. The first kappa shape index (κ1) is 15.4. The van der Waals surface area contributed by atoms with Gasteiger partial charge in [0.25, 0.3) is 5.91 Å². The van der Waals surface area contributed by atoms with Gasteiger partial charge in [0.15, 0.2) is 0 Å². The van der Waals surface area contributed by atoms with Gasteiger partial charge in [0.1, 0.15) is 17.2 Å². The lowest BCUT2D eigenvalue weighted by Gasteiger charge is -2.34. The molecule has 1 aromatic carbocycles. The second-order valence-corrected chi connectivity index (χ2v) is 4.80. The summed E-state index contributed by atoms with van der Waals surface area (Å²) in [5.41, 5.74) is -0.535. The summed E-state index contributed by atoms with van der Waals surface area (Å²) < 4.78 is 27.2. The molecule has 0 unspecified atom stereocenters. The molecule has 0 spiro atoms. The molecule has 1 heterocycles. The Morgan fingerprint density at radius 2 is 1.62 bits per heavy atom. The van der Waals surface area contributed by atoms with Gasteiger partial charge < -0.3 is 15.1 Å². The maximum atomic E-state index is 13.6. The molecule has 1 aromatic rings. The number of piperazine rings is 1. The molecule has 0 aromatic heterocycles. The van der Waals surface area contributed by atoms with E-state index in [2.05, 4.69) is 5.32 Å². The van der Waals surface area contributed by atoms with Gasteiger partial charge in [-0.15, -0.1) is 0 Å². The number of amides is 2. The molecule has 21 heavy (non-hydrogen) atoms. The van der Waals surface area contributed by atoms with Crippen LogP contribution >= 0.6 is 0 Å². The molecule has 5 nitrogen and oxygen atoms in total. The first-order chi connectivity index (χ1) is 10.0. The van der Waals surface area contributed by atoms with E-state index in [1.807, 2.05) is 0 Å². The molecule has 1 saturated heterocycles. The highest BCUT2D eigenvalue weighted by molar-refractivity contribution is 5.95. The van der Waals surface area contributed by atoms with E-state index in [1.54, 1.807) is 11.9 Å². The van der Waals surface area contributed by atoms with Crippen molar-refractivity contribution in [3.63, 3.8) is 0 Å². The monoisotopic (exact) mass is 297 g/mol. The smallest absolute Gasteiger partial charge is 0.259 e. The molecule has 114 valence electrons. The van der Waals surface area contributed by atoms with Crippen LogP contribution in [0.4, 0.5) is 8.78 Å². The fourth-order valence-corrected chi connectivity index (χ4v) is 2.28. The lowest BCUT2D eigenvalue weighted by molar-refractivity contribution is -0.131. The van der Waals surface area contributed by atoms with Crippen LogP contribution in [0.3, 0.4) is 0 Å². The van der Waals surface area contributed by atoms with Crippen LogP contribution in [0.25, 0.3) is 0 Å². The minimum absolute atomic E-state index is 0.0540. The predicted octanol–water partition coefficient (Wildman–Crippen LogP) is 0.469. The largest absolute Gasteiger partial charge is 0.338 e. The Morgan fingerprint density at radius 1 is 1.10 bits per heavy atom. The van der Waals surface area contributed by atoms with Crippen LogP contribution in [0.2, 0.25) is 0 Å². The average Bonchev–Trinajstić information content (AvgIpc) is 2.47. The third kappa shape index (κ3) is 3.36. The Morgan fingerprint density at radius 3 is 2.14 bits per heavy atom. The van der Waals surface area contributed by atoms with Crippen LogP contribution < -0.4 is 5.32 Å². The number of carbonyl (C=O) groups excluding carboxylic acids is 2. The highest BCUT2D eigenvalue weighted by Crippen LogP contribution is 2.16. The number of rotatable bonds is 3. The fourth-order valence-electron chi connectivity index (χ4n) is 2.28. The maximum Gasteiger partial charge on any atom is 0.259 e. The fraction of sp³-hybridized carbons (Fsp3) is 0.429. The second kappa shape index (κ2) is 6.62. The van der Waals surface area contributed by atoms with E-state index >= 15 is 0 Å². The van der Waals surface area contributed by atoms with Crippen LogP contribution in [0.1, 0.15) is 10.4 Å². The van der Waals surface area contributed by atoms with E-state index in [0.29, 0.717) is 13.1 Å². The lowest BCUT2D eigenvalue weighted by Crippen LogP contribution is -2.52. The molecule has 0 bridgehead atoms. The van der Waals surface area contributed by atoms with Gasteiger partial charge >= 0.3 is 0 Å². The third-order valence-electron chi connectivity index (χ3n) is 3.42.